The first-order chi connectivity index (χ1) is 9.80. The lowest BCUT2D eigenvalue weighted by molar-refractivity contribution is 0.305. The van der Waals surface area contributed by atoms with Crippen LogP contribution in [0.3, 0.4) is 0 Å². The zero-order valence-corrected chi connectivity index (χ0v) is 13.5. The number of aliphatic hydroxyl groups is 1. The van der Waals surface area contributed by atoms with Crippen molar-refractivity contribution in [2.75, 3.05) is 6.61 Å². The number of hydrogen-bond donors (Lipinski definition) is 2. The summed E-state index contributed by atoms with van der Waals surface area (Å²) >= 11 is 0. The van der Waals surface area contributed by atoms with Crippen molar-refractivity contribution in [2.24, 2.45) is 0 Å². The van der Waals surface area contributed by atoms with Gasteiger partial charge in [-0.2, -0.15) is 0 Å². The number of nitrogens with zero attached hydrogens (tertiary/aromatic N) is 1. The molecule has 1 heterocycles. The van der Waals surface area contributed by atoms with Gasteiger partial charge in [0.25, 0.3) is 0 Å². The Morgan fingerprint density at radius 1 is 1.38 bits per heavy atom. The highest BCUT2D eigenvalue weighted by Crippen LogP contribution is 2.17. The molecule has 21 heavy (non-hydrogen) atoms. The van der Waals surface area contributed by atoms with E-state index in [1.807, 2.05) is 20.8 Å². The summed E-state index contributed by atoms with van der Waals surface area (Å²) in [6.45, 7) is 5.69. The lowest BCUT2D eigenvalue weighted by atomic mass is 10.0. The molecule has 0 bridgehead atoms. The van der Waals surface area contributed by atoms with Crippen molar-refractivity contribution >= 4 is 10.0 Å². The highest BCUT2D eigenvalue weighted by atomic mass is 32.2. The fourth-order valence-corrected chi connectivity index (χ4v) is 3.38. The van der Waals surface area contributed by atoms with Crippen molar-refractivity contribution in [2.45, 2.75) is 50.5 Å². The van der Waals surface area contributed by atoms with E-state index in [4.69, 9.17) is 5.11 Å². The first kappa shape index (κ1) is 17.6. The second-order valence-corrected chi connectivity index (χ2v) is 7.11. The minimum atomic E-state index is -3.62. The van der Waals surface area contributed by atoms with Crippen molar-refractivity contribution in [3.05, 3.63) is 24.0 Å². The van der Waals surface area contributed by atoms with E-state index in [0.29, 0.717) is 12.0 Å². The maximum absolute atomic E-state index is 12.4. The molecule has 0 aliphatic carbocycles. The molecule has 0 aliphatic heterocycles. The molecule has 2 N–H and O–H groups in total. The molecule has 0 aromatic carbocycles. The van der Waals surface area contributed by atoms with Crippen molar-refractivity contribution in [1.29, 1.82) is 0 Å². The Bertz CT molecular complexity index is 628. The van der Waals surface area contributed by atoms with Crippen molar-refractivity contribution in [1.82, 2.24) is 9.71 Å². The normalized spacial score (nSPS) is 11.8. The maximum atomic E-state index is 12.4. The molecule has 1 aromatic heterocycles. The van der Waals surface area contributed by atoms with Gasteiger partial charge in [0.2, 0.25) is 10.0 Å². The molecule has 0 aliphatic rings. The third kappa shape index (κ3) is 5.84. The van der Waals surface area contributed by atoms with Crippen LogP contribution in [0.4, 0.5) is 0 Å². The number of nitrogens with one attached hydrogen (secondary N) is 1. The van der Waals surface area contributed by atoms with Gasteiger partial charge in [0.1, 0.15) is 4.90 Å². The highest BCUT2D eigenvalue weighted by molar-refractivity contribution is 7.89. The predicted molar refractivity (Wildman–Crippen MR) is 82.1 cm³/mol. The number of aromatic nitrogens is 1. The minimum absolute atomic E-state index is 0.0226. The Morgan fingerprint density at radius 2 is 2.10 bits per heavy atom. The summed E-state index contributed by atoms with van der Waals surface area (Å²) in [7, 11) is -3.62. The van der Waals surface area contributed by atoms with E-state index in [1.54, 1.807) is 0 Å². The lowest BCUT2D eigenvalue weighted by Crippen LogP contribution is -2.43. The van der Waals surface area contributed by atoms with E-state index >= 15 is 0 Å². The van der Waals surface area contributed by atoms with Crippen LogP contribution < -0.4 is 4.72 Å². The summed E-state index contributed by atoms with van der Waals surface area (Å²) in [5.41, 5.74) is 0.00576. The van der Waals surface area contributed by atoms with Crippen LogP contribution in [0.1, 0.15) is 45.6 Å². The van der Waals surface area contributed by atoms with E-state index in [2.05, 4.69) is 21.5 Å². The predicted octanol–water partition coefficient (Wildman–Crippen LogP) is 1.67. The Hall–Kier alpha value is -1.42. The molecule has 0 amide bonds. The summed E-state index contributed by atoms with van der Waals surface area (Å²) in [5, 5.41) is 8.68. The Kier molecular flexibility index (Phi) is 6.34. The molecule has 1 aromatic rings. The molecule has 6 heteroatoms. The molecule has 0 radical (unpaired) electrons. The summed E-state index contributed by atoms with van der Waals surface area (Å²) in [4.78, 5) is 4.02. The average molecular weight is 310 g/mol. The zero-order chi connectivity index (χ0) is 15.9. The van der Waals surface area contributed by atoms with Crippen molar-refractivity contribution in [3.8, 4) is 11.8 Å². The van der Waals surface area contributed by atoms with Gasteiger partial charge < -0.3 is 5.11 Å². The van der Waals surface area contributed by atoms with Gasteiger partial charge in [-0.25, -0.2) is 13.1 Å². The Labute approximate surface area is 126 Å². The number of aliphatic hydroxyl groups excluding tert-OH is 1. The van der Waals surface area contributed by atoms with E-state index in [1.165, 1.54) is 18.5 Å². The number of hydrogen-bond acceptors (Lipinski definition) is 4. The van der Waals surface area contributed by atoms with Crippen molar-refractivity contribution in [3.63, 3.8) is 0 Å². The van der Waals surface area contributed by atoms with Crippen LogP contribution in [-0.2, 0) is 10.0 Å². The van der Waals surface area contributed by atoms with Gasteiger partial charge in [0.15, 0.2) is 0 Å². The zero-order valence-electron chi connectivity index (χ0n) is 12.7. The van der Waals surface area contributed by atoms with Crippen LogP contribution in [0.5, 0.6) is 0 Å². The lowest BCUT2D eigenvalue weighted by Gasteiger charge is -2.25. The van der Waals surface area contributed by atoms with Crippen LogP contribution in [0.2, 0.25) is 0 Å². The van der Waals surface area contributed by atoms with Crippen LogP contribution >= 0.6 is 0 Å². The van der Waals surface area contributed by atoms with Crippen LogP contribution in [0.25, 0.3) is 0 Å². The van der Waals surface area contributed by atoms with Crippen LogP contribution in [0, 0.1) is 11.8 Å². The Morgan fingerprint density at radius 3 is 2.71 bits per heavy atom. The molecule has 0 atom stereocenters. The summed E-state index contributed by atoms with van der Waals surface area (Å²) in [6.07, 6.45) is 4.79. The van der Waals surface area contributed by atoms with E-state index in [-0.39, 0.29) is 11.5 Å². The van der Waals surface area contributed by atoms with Gasteiger partial charge in [0.05, 0.1) is 6.61 Å². The monoisotopic (exact) mass is 310 g/mol. The standard InChI is InChI=1S/C15H22N2O3S/c1-4-8-15(2,3)17-21(19,20)14-10-13(11-16-12-14)7-5-6-9-18/h10-12,17-18H,4,6,8-9H2,1-3H3. The number of rotatable bonds is 6. The third-order valence-electron chi connectivity index (χ3n) is 2.78. The summed E-state index contributed by atoms with van der Waals surface area (Å²) in [6, 6.07) is 1.49. The molecule has 0 fully saturated rings. The van der Waals surface area contributed by atoms with Gasteiger partial charge in [-0.05, 0) is 26.3 Å². The summed E-state index contributed by atoms with van der Waals surface area (Å²) in [5.74, 6) is 5.52. The summed E-state index contributed by atoms with van der Waals surface area (Å²) < 4.78 is 27.4. The van der Waals surface area contributed by atoms with Gasteiger partial charge in [-0.1, -0.05) is 25.2 Å². The maximum Gasteiger partial charge on any atom is 0.242 e. The SMILES string of the molecule is CCCC(C)(C)NS(=O)(=O)c1cncc(C#CCCO)c1. The first-order valence-electron chi connectivity index (χ1n) is 6.89. The molecular weight excluding hydrogens is 288 g/mol. The number of sulfonamides is 1. The molecule has 5 nitrogen and oxygen atoms in total. The van der Waals surface area contributed by atoms with E-state index in [0.717, 1.165) is 12.8 Å². The van der Waals surface area contributed by atoms with Crippen LogP contribution in [-0.4, -0.2) is 30.7 Å². The van der Waals surface area contributed by atoms with Gasteiger partial charge in [-0.3, -0.25) is 4.98 Å². The smallest absolute Gasteiger partial charge is 0.242 e. The average Bonchev–Trinajstić information content (AvgIpc) is 2.38. The van der Waals surface area contributed by atoms with Gasteiger partial charge in [0, 0.05) is 29.9 Å². The van der Waals surface area contributed by atoms with Crippen LogP contribution in [0.15, 0.2) is 23.4 Å². The molecule has 116 valence electrons. The van der Waals surface area contributed by atoms with E-state index in [9.17, 15) is 8.42 Å². The third-order valence-corrected chi connectivity index (χ3v) is 4.44. The topological polar surface area (TPSA) is 79.3 Å². The quantitative estimate of drug-likeness (QED) is 0.783. The fourth-order valence-electron chi connectivity index (χ4n) is 1.95. The van der Waals surface area contributed by atoms with Crippen molar-refractivity contribution < 1.29 is 13.5 Å². The molecule has 0 saturated carbocycles. The largest absolute Gasteiger partial charge is 0.395 e. The molecule has 0 unspecified atom stereocenters. The molecule has 0 saturated heterocycles. The minimum Gasteiger partial charge on any atom is -0.395 e. The second kappa shape index (κ2) is 7.55. The molecular formula is C15H22N2O3S. The van der Waals surface area contributed by atoms with Gasteiger partial charge in [-0.15, -0.1) is 0 Å². The van der Waals surface area contributed by atoms with Gasteiger partial charge >= 0.3 is 0 Å². The highest BCUT2D eigenvalue weighted by Gasteiger charge is 2.25. The van der Waals surface area contributed by atoms with E-state index < -0.39 is 15.6 Å². The molecule has 1 rings (SSSR count). The molecule has 0 spiro atoms. The fraction of sp³-hybridized carbons (Fsp3) is 0.533. The first-order valence-corrected chi connectivity index (χ1v) is 8.38. The Balaban J connectivity index is 2.99. The second-order valence-electron chi connectivity index (χ2n) is 5.42. The number of pyridine rings is 1.